The average Bonchev–Trinajstić information content (AvgIpc) is 2.80. The number of aromatic hydroxyl groups is 1. The third-order valence-electron chi connectivity index (χ3n) is 3.91. The summed E-state index contributed by atoms with van der Waals surface area (Å²) in [5.74, 6) is 0.427. The minimum atomic E-state index is 0.427. The van der Waals surface area contributed by atoms with Gasteiger partial charge in [-0.2, -0.15) is 0 Å². The summed E-state index contributed by atoms with van der Waals surface area (Å²) in [6, 6.07) is 5.92. The first kappa shape index (κ1) is 14.9. The third kappa shape index (κ3) is 3.15. The highest BCUT2D eigenvalue weighted by atomic mass is 16.3. The summed E-state index contributed by atoms with van der Waals surface area (Å²) in [4.78, 5) is 2.49. The molecule has 0 atom stereocenters. The Kier molecular flexibility index (Phi) is 5.07. The third-order valence-corrected chi connectivity index (χ3v) is 3.91. The van der Waals surface area contributed by atoms with E-state index in [2.05, 4.69) is 35.6 Å². The molecular formula is C17H26N2O. The number of nitrogens with zero attached hydrogens (tertiary/aromatic N) is 2. The normalized spacial score (nSPS) is 11.6. The molecule has 3 nitrogen and oxygen atoms in total. The van der Waals surface area contributed by atoms with Crippen LogP contribution in [0.1, 0.15) is 32.3 Å². The van der Waals surface area contributed by atoms with Crippen LogP contribution in [0.25, 0.3) is 10.9 Å². The smallest absolute Gasteiger partial charge is 0.119 e. The summed E-state index contributed by atoms with van der Waals surface area (Å²) in [7, 11) is 2.05. The van der Waals surface area contributed by atoms with Gasteiger partial charge in [0.1, 0.15) is 5.75 Å². The van der Waals surface area contributed by atoms with Crippen molar-refractivity contribution in [2.75, 3.05) is 19.6 Å². The lowest BCUT2D eigenvalue weighted by atomic mass is 10.1. The fraction of sp³-hybridized carbons (Fsp3) is 0.529. The highest BCUT2D eigenvalue weighted by molar-refractivity contribution is 5.85. The van der Waals surface area contributed by atoms with Crippen molar-refractivity contribution in [3.63, 3.8) is 0 Å². The lowest BCUT2D eigenvalue weighted by Crippen LogP contribution is -2.27. The Balaban J connectivity index is 2.18. The number of aryl methyl sites for hydroxylation is 1. The molecule has 0 aliphatic rings. The number of benzene rings is 1. The van der Waals surface area contributed by atoms with E-state index in [0.717, 1.165) is 31.6 Å². The minimum absolute atomic E-state index is 0.427. The maximum absolute atomic E-state index is 10.2. The molecule has 1 N–H and O–H groups in total. The van der Waals surface area contributed by atoms with E-state index >= 15 is 0 Å². The van der Waals surface area contributed by atoms with Gasteiger partial charge < -0.3 is 14.6 Å². The summed E-state index contributed by atoms with van der Waals surface area (Å²) in [6.07, 6.45) is 5.33. The molecule has 1 aromatic carbocycles. The van der Waals surface area contributed by atoms with Crippen LogP contribution < -0.4 is 0 Å². The van der Waals surface area contributed by atoms with Gasteiger partial charge in [-0.15, -0.1) is 0 Å². The first-order chi connectivity index (χ1) is 9.67. The van der Waals surface area contributed by atoms with Crippen molar-refractivity contribution in [2.45, 2.75) is 33.1 Å². The van der Waals surface area contributed by atoms with Gasteiger partial charge in [-0.05, 0) is 50.6 Å². The van der Waals surface area contributed by atoms with Crippen LogP contribution in [0.15, 0.2) is 24.4 Å². The number of hydrogen-bond acceptors (Lipinski definition) is 2. The second kappa shape index (κ2) is 6.80. The fourth-order valence-corrected chi connectivity index (χ4v) is 2.90. The van der Waals surface area contributed by atoms with Crippen molar-refractivity contribution < 1.29 is 5.11 Å². The number of phenols is 1. The molecule has 2 aromatic rings. The van der Waals surface area contributed by atoms with Gasteiger partial charge in [-0.25, -0.2) is 0 Å². The van der Waals surface area contributed by atoms with E-state index in [1.54, 1.807) is 0 Å². The standard InChI is InChI=1S/C17H26N2O/c1-4-10-19(11-5-2)13-9-15-14-8-12-18(3)16(14)6-7-17(15)20/h6-8,12,20H,4-5,9-11,13H2,1-3H3. The molecular weight excluding hydrogens is 248 g/mol. The molecule has 0 bridgehead atoms. The molecule has 0 unspecified atom stereocenters. The molecule has 0 saturated heterocycles. The highest BCUT2D eigenvalue weighted by Crippen LogP contribution is 2.28. The van der Waals surface area contributed by atoms with Crippen LogP contribution in [0.5, 0.6) is 5.75 Å². The van der Waals surface area contributed by atoms with E-state index in [1.807, 2.05) is 19.2 Å². The Bertz CT molecular complexity index is 553. The van der Waals surface area contributed by atoms with Crippen LogP contribution in [0.2, 0.25) is 0 Å². The first-order valence-corrected chi connectivity index (χ1v) is 7.65. The van der Waals surface area contributed by atoms with Gasteiger partial charge in [-0.3, -0.25) is 0 Å². The predicted octanol–water partition coefficient (Wildman–Crippen LogP) is 3.55. The van der Waals surface area contributed by atoms with Crippen LogP contribution >= 0.6 is 0 Å². The lowest BCUT2D eigenvalue weighted by Gasteiger charge is -2.21. The van der Waals surface area contributed by atoms with Crippen LogP contribution in [0, 0.1) is 0 Å². The predicted molar refractivity (Wildman–Crippen MR) is 85.3 cm³/mol. The summed E-state index contributed by atoms with van der Waals surface area (Å²) in [5, 5.41) is 11.3. The molecule has 0 aliphatic heterocycles. The van der Waals surface area contributed by atoms with Crippen molar-refractivity contribution in [3.05, 3.63) is 30.0 Å². The van der Waals surface area contributed by atoms with E-state index in [-0.39, 0.29) is 0 Å². The summed E-state index contributed by atoms with van der Waals surface area (Å²) in [5.41, 5.74) is 2.27. The quantitative estimate of drug-likeness (QED) is 0.836. The minimum Gasteiger partial charge on any atom is -0.508 e. The van der Waals surface area contributed by atoms with Crippen LogP contribution in [-0.4, -0.2) is 34.2 Å². The monoisotopic (exact) mass is 274 g/mol. The SMILES string of the molecule is CCCN(CCC)CCc1c(O)ccc2c1ccn2C. The number of rotatable bonds is 7. The van der Waals surface area contributed by atoms with E-state index in [0.29, 0.717) is 5.75 Å². The van der Waals surface area contributed by atoms with E-state index < -0.39 is 0 Å². The van der Waals surface area contributed by atoms with Crippen LogP contribution in [0.4, 0.5) is 0 Å². The summed E-state index contributed by atoms with van der Waals surface area (Å²) in [6.45, 7) is 7.73. The first-order valence-electron chi connectivity index (χ1n) is 7.65. The van der Waals surface area contributed by atoms with Crippen LogP contribution in [0.3, 0.4) is 0 Å². The Morgan fingerprint density at radius 1 is 1.05 bits per heavy atom. The van der Waals surface area contributed by atoms with Gasteiger partial charge in [0.05, 0.1) is 0 Å². The van der Waals surface area contributed by atoms with Gasteiger partial charge in [-0.1, -0.05) is 13.8 Å². The molecule has 20 heavy (non-hydrogen) atoms. The second-order valence-electron chi connectivity index (χ2n) is 5.51. The molecule has 3 heteroatoms. The Labute approximate surface area is 121 Å². The van der Waals surface area contributed by atoms with Gasteiger partial charge >= 0.3 is 0 Å². The van der Waals surface area contributed by atoms with Crippen molar-refractivity contribution in [1.82, 2.24) is 9.47 Å². The molecule has 2 rings (SSSR count). The highest BCUT2D eigenvalue weighted by Gasteiger charge is 2.11. The fourth-order valence-electron chi connectivity index (χ4n) is 2.90. The topological polar surface area (TPSA) is 28.4 Å². The zero-order valence-electron chi connectivity index (χ0n) is 12.9. The molecule has 1 aromatic heterocycles. The number of aromatic nitrogens is 1. The van der Waals surface area contributed by atoms with Crippen LogP contribution in [-0.2, 0) is 13.5 Å². The molecule has 110 valence electrons. The maximum Gasteiger partial charge on any atom is 0.119 e. The van der Waals surface area contributed by atoms with E-state index in [1.165, 1.54) is 23.7 Å². The van der Waals surface area contributed by atoms with Gasteiger partial charge in [0, 0.05) is 36.3 Å². The zero-order valence-corrected chi connectivity index (χ0v) is 12.9. The maximum atomic E-state index is 10.2. The molecule has 0 amide bonds. The molecule has 0 saturated carbocycles. The lowest BCUT2D eigenvalue weighted by molar-refractivity contribution is 0.277. The Morgan fingerprint density at radius 3 is 2.40 bits per heavy atom. The Morgan fingerprint density at radius 2 is 1.75 bits per heavy atom. The molecule has 1 heterocycles. The molecule has 0 aliphatic carbocycles. The Hall–Kier alpha value is -1.48. The molecule has 0 radical (unpaired) electrons. The molecule has 0 fully saturated rings. The van der Waals surface area contributed by atoms with Crippen molar-refractivity contribution in [3.8, 4) is 5.75 Å². The van der Waals surface area contributed by atoms with Gasteiger partial charge in [0.2, 0.25) is 0 Å². The van der Waals surface area contributed by atoms with Gasteiger partial charge in [0.15, 0.2) is 0 Å². The van der Waals surface area contributed by atoms with Crippen molar-refractivity contribution in [1.29, 1.82) is 0 Å². The zero-order chi connectivity index (χ0) is 14.5. The molecule has 0 spiro atoms. The summed E-state index contributed by atoms with van der Waals surface area (Å²) >= 11 is 0. The average molecular weight is 274 g/mol. The van der Waals surface area contributed by atoms with Crippen molar-refractivity contribution in [2.24, 2.45) is 7.05 Å². The van der Waals surface area contributed by atoms with E-state index in [9.17, 15) is 5.11 Å². The summed E-state index contributed by atoms with van der Waals surface area (Å²) < 4.78 is 2.11. The number of fused-ring (bicyclic) bond motifs is 1. The number of phenolic OH excluding ortho intramolecular Hbond substituents is 1. The second-order valence-corrected chi connectivity index (χ2v) is 5.51. The van der Waals surface area contributed by atoms with Crippen molar-refractivity contribution >= 4 is 10.9 Å². The number of hydrogen-bond donors (Lipinski definition) is 1. The largest absolute Gasteiger partial charge is 0.508 e. The van der Waals surface area contributed by atoms with E-state index in [4.69, 9.17) is 0 Å². The van der Waals surface area contributed by atoms with Gasteiger partial charge in [0.25, 0.3) is 0 Å².